The maximum Gasteiger partial charge on any atom is 0.146 e. The molecule has 0 bridgehead atoms. The lowest BCUT2D eigenvalue weighted by atomic mass is 10.2. The predicted molar refractivity (Wildman–Crippen MR) is 75.5 cm³/mol. The van der Waals surface area contributed by atoms with Gasteiger partial charge in [-0.2, -0.15) is 0 Å². The van der Waals surface area contributed by atoms with Gasteiger partial charge in [-0.25, -0.2) is 4.39 Å². The molecule has 0 spiro atoms. The molecule has 0 atom stereocenters. The van der Waals surface area contributed by atoms with Gasteiger partial charge in [0, 0.05) is 33.4 Å². The van der Waals surface area contributed by atoms with Crippen molar-refractivity contribution in [2.45, 2.75) is 13.1 Å². The Morgan fingerprint density at radius 1 is 1.16 bits per heavy atom. The van der Waals surface area contributed by atoms with E-state index in [2.05, 4.69) is 10.3 Å². The number of aromatic nitrogens is 1. The van der Waals surface area contributed by atoms with E-state index in [1.54, 1.807) is 17.2 Å². The van der Waals surface area contributed by atoms with Gasteiger partial charge in [-0.3, -0.25) is 4.98 Å². The molecule has 0 saturated carbocycles. The fraction of sp³-hybridized carbons (Fsp3) is 0.267. The summed E-state index contributed by atoms with van der Waals surface area (Å²) in [4.78, 5) is 6.01. The first-order chi connectivity index (χ1) is 9.16. The van der Waals surface area contributed by atoms with Crippen LogP contribution >= 0.6 is 0 Å². The second-order valence-electron chi connectivity index (χ2n) is 4.60. The molecular weight excluding hydrogens is 241 g/mol. The van der Waals surface area contributed by atoms with Gasteiger partial charge in [-0.1, -0.05) is 12.1 Å². The molecule has 19 heavy (non-hydrogen) atoms. The van der Waals surface area contributed by atoms with Crippen molar-refractivity contribution in [2.24, 2.45) is 0 Å². The van der Waals surface area contributed by atoms with Crippen LogP contribution in [-0.4, -0.2) is 19.1 Å². The van der Waals surface area contributed by atoms with Crippen LogP contribution in [0.4, 0.5) is 10.1 Å². The summed E-state index contributed by atoms with van der Waals surface area (Å²) in [6.07, 6.45) is 1.78. The van der Waals surface area contributed by atoms with Crippen LogP contribution < -0.4 is 10.2 Å². The molecule has 0 fully saturated rings. The zero-order chi connectivity index (χ0) is 13.7. The van der Waals surface area contributed by atoms with Crippen LogP contribution in [0.3, 0.4) is 0 Å². The van der Waals surface area contributed by atoms with Gasteiger partial charge in [0.25, 0.3) is 0 Å². The third-order valence-electron chi connectivity index (χ3n) is 2.85. The van der Waals surface area contributed by atoms with Crippen molar-refractivity contribution in [3.05, 3.63) is 59.7 Å². The fourth-order valence-corrected chi connectivity index (χ4v) is 1.85. The van der Waals surface area contributed by atoms with Gasteiger partial charge >= 0.3 is 0 Å². The van der Waals surface area contributed by atoms with E-state index in [9.17, 15) is 4.39 Å². The second kappa shape index (κ2) is 6.29. The molecule has 0 aliphatic heterocycles. The Kier molecular flexibility index (Phi) is 4.47. The molecule has 2 rings (SSSR count). The molecule has 1 aromatic heterocycles. The summed E-state index contributed by atoms with van der Waals surface area (Å²) < 4.78 is 13.5. The van der Waals surface area contributed by atoms with Gasteiger partial charge in [-0.15, -0.1) is 0 Å². The maximum absolute atomic E-state index is 13.5. The van der Waals surface area contributed by atoms with Gasteiger partial charge in [-0.05, 0) is 29.8 Å². The van der Waals surface area contributed by atoms with Crippen molar-refractivity contribution in [2.75, 3.05) is 19.0 Å². The molecule has 1 aromatic carbocycles. The standard InChI is InChI=1S/C15H18FN3/c1-19(2)15-9-12(6-7-14(15)16)10-17-11-13-5-3-4-8-18-13/h3-9,17H,10-11H2,1-2H3. The smallest absolute Gasteiger partial charge is 0.146 e. The van der Waals surface area contributed by atoms with Crippen LogP contribution in [0.1, 0.15) is 11.3 Å². The molecule has 0 radical (unpaired) electrons. The van der Waals surface area contributed by atoms with Gasteiger partial charge in [0.05, 0.1) is 11.4 Å². The zero-order valence-corrected chi connectivity index (χ0v) is 11.2. The Labute approximate surface area is 113 Å². The van der Waals surface area contributed by atoms with Crippen LogP contribution in [0.2, 0.25) is 0 Å². The molecule has 0 saturated heterocycles. The quantitative estimate of drug-likeness (QED) is 0.894. The molecule has 0 amide bonds. The molecule has 2 aromatic rings. The van der Waals surface area contributed by atoms with Crippen LogP contribution in [0.5, 0.6) is 0 Å². The number of pyridine rings is 1. The van der Waals surface area contributed by atoms with E-state index in [4.69, 9.17) is 0 Å². The topological polar surface area (TPSA) is 28.2 Å². The molecule has 0 aliphatic rings. The van der Waals surface area contributed by atoms with Crippen molar-refractivity contribution in [1.29, 1.82) is 0 Å². The van der Waals surface area contributed by atoms with Crippen LogP contribution in [0, 0.1) is 5.82 Å². The SMILES string of the molecule is CN(C)c1cc(CNCc2ccccn2)ccc1F. The number of rotatable bonds is 5. The number of nitrogens with zero attached hydrogens (tertiary/aromatic N) is 2. The van der Waals surface area contributed by atoms with Crippen LogP contribution in [-0.2, 0) is 13.1 Å². The first-order valence-corrected chi connectivity index (χ1v) is 6.23. The molecule has 1 N–H and O–H groups in total. The van der Waals surface area contributed by atoms with Gasteiger partial charge in [0.15, 0.2) is 0 Å². The highest BCUT2D eigenvalue weighted by Gasteiger charge is 2.05. The first kappa shape index (κ1) is 13.5. The highest BCUT2D eigenvalue weighted by molar-refractivity contribution is 5.48. The van der Waals surface area contributed by atoms with E-state index in [0.717, 1.165) is 11.3 Å². The lowest BCUT2D eigenvalue weighted by Gasteiger charge is -2.15. The Balaban J connectivity index is 1.95. The van der Waals surface area contributed by atoms with Crippen molar-refractivity contribution < 1.29 is 4.39 Å². The minimum atomic E-state index is -0.196. The number of nitrogens with one attached hydrogen (secondary N) is 1. The normalized spacial score (nSPS) is 10.5. The van der Waals surface area contributed by atoms with E-state index in [0.29, 0.717) is 18.8 Å². The number of hydrogen-bond donors (Lipinski definition) is 1. The molecule has 100 valence electrons. The lowest BCUT2D eigenvalue weighted by Crippen LogP contribution is -2.15. The first-order valence-electron chi connectivity index (χ1n) is 6.23. The van der Waals surface area contributed by atoms with E-state index < -0.39 is 0 Å². The van der Waals surface area contributed by atoms with Crippen LogP contribution in [0.15, 0.2) is 42.6 Å². The van der Waals surface area contributed by atoms with E-state index in [-0.39, 0.29) is 5.82 Å². The highest BCUT2D eigenvalue weighted by Crippen LogP contribution is 2.18. The molecule has 0 unspecified atom stereocenters. The van der Waals surface area contributed by atoms with Crippen LogP contribution in [0.25, 0.3) is 0 Å². The highest BCUT2D eigenvalue weighted by atomic mass is 19.1. The summed E-state index contributed by atoms with van der Waals surface area (Å²) in [6, 6.07) is 11.0. The molecule has 4 heteroatoms. The maximum atomic E-state index is 13.5. The summed E-state index contributed by atoms with van der Waals surface area (Å²) in [5.41, 5.74) is 2.66. The Morgan fingerprint density at radius 3 is 2.68 bits per heavy atom. The van der Waals surface area contributed by atoms with Gasteiger partial charge in [0.2, 0.25) is 0 Å². The Bertz CT molecular complexity index is 526. The lowest BCUT2D eigenvalue weighted by molar-refractivity contribution is 0.623. The van der Waals surface area contributed by atoms with Crippen molar-refractivity contribution >= 4 is 5.69 Å². The number of benzene rings is 1. The van der Waals surface area contributed by atoms with E-state index in [1.165, 1.54) is 6.07 Å². The van der Waals surface area contributed by atoms with E-state index in [1.807, 2.05) is 38.4 Å². The molecular formula is C15H18FN3. The van der Waals surface area contributed by atoms with Gasteiger partial charge in [0.1, 0.15) is 5.82 Å². The average molecular weight is 259 g/mol. The monoisotopic (exact) mass is 259 g/mol. The minimum Gasteiger partial charge on any atom is -0.375 e. The molecule has 0 aliphatic carbocycles. The second-order valence-corrected chi connectivity index (χ2v) is 4.60. The largest absolute Gasteiger partial charge is 0.375 e. The summed E-state index contributed by atoms with van der Waals surface area (Å²) in [5, 5.41) is 3.30. The molecule has 3 nitrogen and oxygen atoms in total. The fourth-order valence-electron chi connectivity index (χ4n) is 1.85. The summed E-state index contributed by atoms with van der Waals surface area (Å²) in [7, 11) is 3.67. The number of halogens is 1. The summed E-state index contributed by atoms with van der Waals surface area (Å²) in [5.74, 6) is -0.196. The summed E-state index contributed by atoms with van der Waals surface area (Å²) in [6.45, 7) is 1.40. The average Bonchev–Trinajstić information content (AvgIpc) is 2.41. The third-order valence-corrected chi connectivity index (χ3v) is 2.85. The third kappa shape index (κ3) is 3.76. The number of anilines is 1. The molecule has 1 heterocycles. The summed E-state index contributed by atoms with van der Waals surface area (Å²) >= 11 is 0. The predicted octanol–water partition coefficient (Wildman–Crippen LogP) is 2.58. The number of hydrogen-bond acceptors (Lipinski definition) is 3. The van der Waals surface area contributed by atoms with Crippen molar-refractivity contribution in [3.8, 4) is 0 Å². The Hall–Kier alpha value is -1.94. The van der Waals surface area contributed by atoms with Crippen molar-refractivity contribution in [3.63, 3.8) is 0 Å². The van der Waals surface area contributed by atoms with E-state index >= 15 is 0 Å². The van der Waals surface area contributed by atoms with Gasteiger partial charge < -0.3 is 10.2 Å². The zero-order valence-electron chi connectivity index (χ0n) is 11.2. The Morgan fingerprint density at radius 2 is 2.00 bits per heavy atom. The van der Waals surface area contributed by atoms with Crippen molar-refractivity contribution in [1.82, 2.24) is 10.3 Å². The minimum absolute atomic E-state index is 0.196.